The molecule has 4 aromatic rings. The molecule has 2 heteroatoms. The van der Waals surface area contributed by atoms with E-state index in [0.717, 1.165) is 26.4 Å². The highest BCUT2D eigenvalue weighted by Crippen LogP contribution is 2.28. The molecule has 0 aromatic heterocycles. The first-order chi connectivity index (χ1) is 23.4. The third-order valence-corrected chi connectivity index (χ3v) is 11.1. The van der Waals surface area contributed by atoms with E-state index in [9.17, 15) is 0 Å². The Kier molecular flexibility index (Phi) is 15.1. The molecule has 4 rings (SSSR count). The van der Waals surface area contributed by atoms with Gasteiger partial charge in [-0.2, -0.15) is 0 Å². The van der Waals surface area contributed by atoms with Crippen LogP contribution in [0.25, 0.3) is 0 Å². The van der Waals surface area contributed by atoms with Crippen molar-refractivity contribution in [3.63, 3.8) is 0 Å². The first-order valence-electron chi connectivity index (χ1n) is 18.9. The van der Waals surface area contributed by atoms with Crippen molar-refractivity contribution in [2.45, 2.75) is 134 Å². The minimum atomic E-state index is 0.423. The van der Waals surface area contributed by atoms with Crippen molar-refractivity contribution in [3.8, 4) is 0 Å². The summed E-state index contributed by atoms with van der Waals surface area (Å²) in [5, 5.41) is 0. The quantitative estimate of drug-likeness (QED) is 0.149. The molecular weight excluding hydrogens is 609 g/mol. The van der Waals surface area contributed by atoms with Gasteiger partial charge in [-0.1, -0.05) is 76.2 Å². The molecule has 4 aromatic carbocycles. The third kappa shape index (κ3) is 10.9. The van der Waals surface area contributed by atoms with Crippen LogP contribution in [-0.4, -0.2) is 26.4 Å². The summed E-state index contributed by atoms with van der Waals surface area (Å²) in [6.45, 7) is 38.5. The fourth-order valence-corrected chi connectivity index (χ4v) is 7.26. The number of aryl methyl sites for hydroxylation is 12. The molecule has 0 aliphatic heterocycles. The zero-order valence-electron chi connectivity index (χ0n) is 34.6. The highest BCUT2D eigenvalue weighted by atomic mass is 16.5. The summed E-state index contributed by atoms with van der Waals surface area (Å²) >= 11 is 0. The fraction of sp³-hybridized carbons (Fsp3) is 0.500. The molecule has 0 bridgehead atoms. The largest absolute Gasteiger partial charge is 0.380 e. The molecule has 0 N–H and O–H groups in total. The van der Waals surface area contributed by atoms with E-state index in [4.69, 9.17) is 9.47 Å². The lowest BCUT2D eigenvalue weighted by molar-refractivity contribution is 0.113. The minimum Gasteiger partial charge on any atom is -0.380 e. The molecule has 0 saturated heterocycles. The van der Waals surface area contributed by atoms with E-state index in [-0.39, 0.29) is 0 Å². The standard InChI is InChI=1S/2C24H34O/c2*1-15-9-19(5)23(11-17(15)3)21(7)13-25-14-22(8)24-12-18(4)16(2)10-20(24)6/h2*9-12,21-22H,13-14H2,1-8H3. The molecule has 4 atom stereocenters. The lowest BCUT2D eigenvalue weighted by Crippen LogP contribution is -2.12. The average Bonchev–Trinajstić information content (AvgIpc) is 3.04. The van der Waals surface area contributed by atoms with Crippen molar-refractivity contribution in [1.82, 2.24) is 0 Å². The van der Waals surface area contributed by atoms with Crippen LogP contribution < -0.4 is 0 Å². The molecule has 272 valence electrons. The molecule has 2 nitrogen and oxygen atoms in total. The monoisotopic (exact) mass is 677 g/mol. The van der Waals surface area contributed by atoms with Crippen LogP contribution in [0.1, 0.15) is 140 Å². The smallest absolute Gasteiger partial charge is 0.0532 e. The minimum absolute atomic E-state index is 0.423. The summed E-state index contributed by atoms with van der Waals surface area (Å²) in [5.74, 6) is 1.69. The molecule has 0 heterocycles. The van der Waals surface area contributed by atoms with E-state index in [0.29, 0.717) is 23.7 Å². The number of benzene rings is 4. The Morgan fingerprint density at radius 2 is 0.440 bits per heavy atom. The van der Waals surface area contributed by atoms with Crippen LogP contribution in [0.2, 0.25) is 0 Å². The van der Waals surface area contributed by atoms with Gasteiger partial charge in [0.1, 0.15) is 0 Å². The molecule has 0 amide bonds. The fourth-order valence-electron chi connectivity index (χ4n) is 7.26. The van der Waals surface area contributed by atoms with Crippen LogP contribution in [0.15, 0.2) is 48.5 Å². The van der Waals surface area contributed by atoms with Crippen molar-refractivity contribution in [1.29, 1.82) is 0 Å². The van der Waals surface area contributed by atoms with Crippen LogP contribution in [-0.2, 0) is 9.47 Å². The number of hydrogen-bond acceptors (Lipinski definition) is 2. The molecule has 0 aliphatic carbocycles. The van der Waals surface area contributed by atoms with Crippen molar-refractivity contribution in [2.75, 3.05) is 26.4 Å². The zero-order valence-corrected chi connectivity index (χ0v) is 34.6. The van der Waals surface area contributed by atoms with E-state index in [1.807, 2.05) is 0 Å². The zero-order chi connectivity index (χ0) is 37.4. The molecule has 50 heavy (non-hydrogen) atoms. The normalized spacial score (nSPS) is 13.8. The lowest BCUT2D eigenvalue weighted by Gasteiger charge is -2.20. The molecule has 0 aliphatic rings. The molecule has 4 unspecified atom stereocenters. The summed E-state index contributed by atoms with van der Waals surface area (Å²) < 4.78 is 12.2. The Labute approximate surface area is 307 Å². The van der Waals surface area contributed by atoms with Gasteiger partial charge in [-0.25, -0.2) is 0 Å². The van der Waals surface area contributed by atoms with Crippen LogP contribution in [0.5, 0.6) is 0 Å². The maximum Gasteiger partial charge on any atom is 0.0532 e. The second kappa shape index (κ2) is 18.3. The van der Waals surface area contributed by atoms with Crippen LogP contribution in [0, 0.1) is 83.1 Å². The van der Waals surface area contributed by atoms with Crippen molar-refractivity contribution in [2.24, 2.45) is 0 Å². The van der Waals surface area contributed by atoms with E-state index >= 15 is 0 Å². The first kappa shape index (κ1) is 41.2. The van der Waals surface area contributed by atoms with Crippen molar-refractivity contribution >= 4 is 0 Å². The average molecular weight is 677 g/mol. The van der Waals surface area contributed by atoms with Crippen molar-refractivity contribution < 1.29 is 9.47 Å². The molecular formula is C48H68O2. The summed E-state index contributed by atoms with van der Waals surface area (Å²) in [4.78, 5) is 0. The van der Waals surface area contributed by atoms with Gasteiger partial charge in [0.2, 0.25) is 0 Å². The molecule has 0 fully saturated rings. The summed E-state index contributed by atoms with van der Waals surface area (Å²) in [5.41, 5.74) is 22.1. The highest BCUT2D eigenvalue weighted by Gasteiger charge is 2.16. The number of ether oxygens (including phenoxy) is 2. The summed E-state index contributed by atoms with van der Waals surface area (Å²) in [6.07, 6.45) is 0. The van der Waals surface area contributed by atoms with Gasteiger partial charge < -0.3 is 9.47 Å². The second-order valence-electron chi connectivity index (χ2n) is 15.9. The Morgan fingerprint density at radius 1 is 0.280 bits per heavy atom. The van der Waals surface area contributed by atoms with E-state index in [1.165, 1.54) is 89.0 Å². The lowest BCUT2D eigenvalue weighted by atomic mass is 9.92. The van der Waals surface area contributed by atoms with Gasteiger partial charge in [-0.05, 0) is 172 Å². The highest BCUT2D eigenvalue weighted by molar-refractivity contribution is 5.41. The van der Waals surface area contributed by atoms with E-state index in [2.05, 4.69) is 159 Å². The molecule has 0 radical (unpaired) electrons. The second-order valence-corrected chi connectivity index (χ2v) is 15.9. The van der Waals surface area contributed by atoms with Crippen LogP contribution >= 0.6 is 0 Å². The maximum atomic E-state index is 6.12. The van der Waals surface area contributed by atoms with Crippen LogP contribution in [0.3, 0.4) is 0 Å². The molecule has 0 spiro atoms. The Bertz CT molecular complexity index is 1490. The van der Waals surface area contributed by atoms with E-state index < -0.39 is 0 Å². The van der Waals surface area contributed by atoms with Gasteiger partial charge in [0.05, 0.1) is 26.4 Å². The topological polar surface area (TPSA) is 18.5 Å². The number of rotatable bonds is 12. The van der Waals surface area contributed by atoms with Crippen molar-refractivity contribution in [3.05, 3.63) is 138 Å². The van der Waals surface area contributed by atoms with Gasteiger partial charge in [0.25, 0.3) is 0 Å². The van der Waals surface area contributed by atoms with Gasteiger partial charge in [-0.15, -0.1) is 0 Å². The van der Waals surface area contributed by atoms with Crippen LogP contribution in [0.4, 0.5) is 0 Å². The Balaban J connectivity index is 0.000000270. The maximum absolute atomic E-state index is 6.12. The predicted octanol–water partition coefficient (Wildman–Crippen LogP) is 12.9. The van der Waals surface area contributed by atoms with E-state index in [1.54, 1.807) is 0 Å². The Morgan fingerprint density at radius 3 is 0.620 bits per heavy atom. The summed E-state index contributed by atoms with van der Waals surface area (Å²) in [6, 6.07) is 18.5. The van der Waals surface area contributed by atoms with Gasteiger partial charge >= 0.3 is 0 Å². The van der Waals surface area contributed by atoms with Gasteiger partial charge in [0, 0.05) is 23.7 Å². The first-order valence-corrected chi connectivity index (χ1v) is 18.9. The summed E-state index contributed by atoms with van der Waals surface area (Å²) in [7, 11) is 0. The Hall–Kier alpha value is -3.20. The SMILES string of the molecule is Cc1cc(C)c(C(C)COCC(C)c2cc(C)c(C)cc2C)cc1C.Cc1cc(C)c(C(C)COCC(C)c2cc(C)c(C)cc2C)cc1C. The number of hydrogen-bond donors (Lipinski definition) is 0. The van der Waals surface area contributed by atoms with Gasteiger partial charge in [-0.3, -0.25) is 0 Å². The van der Waals surface area contributed by atoms with Gasteiger partial charge in [0.15, 0.2) is 0 Å². The third-order valence-electron chi connectivity index (χ3n) is 11.1. The predicted molar refractivity (Wildman–Crippen MR) is 218 cm³/mol. The molecule has 0 saturated carbocycles.